The molecule has 5 heteroatoms. The minimum Gasteiger partial charge on any atom is -0.377 e. The van der Waals surface area contributed by atoms with Gasteiger partial charge < -0.3 is 18.0 Å². The predicted molar refractivity (Wildman–Crippen MR) is 89.5 cm³/mol. The van der Waals surface area contributed by atoms with Gasteiger partial charge in [-0.1, -0.05) is 44.6 Å². The molecule has 0 spiro atoms. The minimum atomic E-state index is -2.34. The second kappa shape index (κ2) is 14.7. The molecule has 4 nitrogen and oxygen atoms in total. The van der Waals surface area contributed by atoms with Crippen LogP contribution in [0.15, 0.2) is 12.7 Å². The maximum Gasteiger partial charge on any atom is 0.500 e. The average molecular weight is 319 g/mol. The van der Waals surface area contributed by atoms with Crippen molar-refractivity contribution in [2.24, 2.45) is 0 Å². The summed E-state index contributed by atoms with van der Waals surface area (Å²) in [6.07, 6.45) is 11.8. The van der Waals surface area contributed by atoms with Gasteiger partial charge in [0.1, 0.15) is 0 Å². The summed E-state index contributed by atoms with van der Waals surface area (Å²) in [6.45, 7) is 5.17. The predicted octanol–water partition coefficient (Wildman–Crippen LogP) is 4.19. The monoisotopic (exact) mass is 318 g/mol. The molecule has 0 bridgehead atoms. The lowest BCUT2D eigenvalue weighted by Gasteiger charge is -2.24. The molecule has 0 N–H and O–H groups in total. The normalized spacial score (nSPS) is 11.8. The van der Waals surface area contributed by atoms with Crippen LogP contribution in [0.4, 0.5) is 0 Å². The summed E-state index contributed by atoms with van der Waals surface area (Å²) in [5.41, 5.74) is 0. The van der Waals surface area contributed by atoms with Crippen LogP contribution in [0.25, 0.3) is 0 Å². The number of hydrogen-bond acceptors (Lipinski definition) is 4. The molecule has 0 aromatic rings. The zero-order chi connectivity index (χ0) is 15.8. The molecule has 0 amide bonds. The molecular formula is C16H34O4Si. The molecule has 21 heavy (non-hydrogen) atoms. The maximum absolute atomic E-state index is 5.41. The molecule has 0 unspecified atom stereocenters. The van der Waals surface area contributed by atoms with Gasteiger partial charge >= 0.3 is 8.80 Å². The van der Waals surface area contributed by atoms with Crippen LogP contribution in [-0.4, -0.2) is 43.3 Å². The second-order valence-corrected chi connectivity index (χ2v) is 8.33. The molecule has 0 atom stereocenters. The summed E-state index contributed by atoms with van der Waals surface area (Å²) in [6, 6.07) is 0.914. The molecule has 0 aromatic heterocycles. The fourth-order valence-corrected chi connectivity index (χ4v) is 4.12. The zero-order valence-electron chi connectivity index (χ0n) is 14.2. The van der Waals surface area contributed by atoms with E-state index >= 15 is 0 Å². The average Bonchev–Trinajstić information content (AvgIpc) is 2.53. The molecule has 0 rings (SSSR count). The van der Waals surface area contributed by atoms with E-state index in [1.807, 2.05) is 0 Å². The van der Waals surface area contributed by atoms with E-state index in [0.717, 1.165) is 25.5 Å². The molecule has 0 saturated carbocycles. The van der Waals surface area contributed by atoms with Crippen molar-refractivity contribution < 1.29 is 18.0 Å². The standard InChI is InChI=1S/C16H34O4Si/c1-5-14-20-15-12-10-8-6-7-9-11-13-16-21(17-2,18-3)19-4/h5H,1,6-16H2,2-4H3. The zero-order valence-corrected chi connectivity index (χ0v) is 15.2. The Kier molecular flexibility index (Phi) is 14.6. The number of ether oxygens (including phenoxy) is 1. The second-order valence-electron chi connectivity index (χ2n) is 5.24. The van der Waals surface area contributed by atoms with Crippen LogP contribution >= 0.6 is 0 Å². The van der Waals surface area contributed by atoms with Gasteiger partial charge in [0, 0.05) is 34.0 Å². The highest BCUT2D eigenvalue weighted by atomic mass is 28.4. The van der Waals surface area contributed by atoms with Gasteiger partial charge in [-0.2, -0.15) is 0 Å². The van der Waals surface area contributed by atoms with Crippen LogP contribution in [0, 0.1) is 0 Å². The molecule has 0 aliphatic heterocycles. The molecule has 0 radical (unpaired) electrons. The highest BCUT2D eigenvalue weighted by Gasteiger charge is 2.36. The lowest BCUT2D eigenvalue weighted by atomic mass is 10.1. The summed E-state index contributed by atoms with van der Waals surface area (Å²) in [5, 5.41) is 0. The van der Waals surface area contributed by atoms with Crippen LogP contribution < -0.4 is 0 Å². The van der Waals surface area contributed by atoms with Crippen molar-refractivity contribution >= 4 is 8.80 Å². The van der Waals surface area contributed by atoms with Crippen molar-refractivity contribution in [1.29, 1.82) is 0 Å². The Morgan fingerprint density at radius 3 is 1.71 bits per heavy atom. The molecule has 0 heterocycles. The van der Waals surface area contributed by atoms with Crippen molar-refractivity contribution in [2.75, 3.05) is 34.5 Å². The maximum atomic E-state index is 5.41. The van der Waals surface area contributed by atoms with E-state index in [1.54, 1.807) is 27.4 Å². The van der Waals surface area contributed by atoms with Crippen LogP contribution in [0.1, 0.15) is 51.4 Å². The van der Waals surface area contributed by atoms with Gasteiger partial charge in [0.05, 0.1) is 6.61 Å². The van der Waals surface area contributed by atoms with E-state index in [1.165, 1.54) is 38.5 Å². The van der Waals surface area contributed by atoms with Gasteiger partial charge in [-0.05, 0) is 12.8 Å². The van der Waals surface area contributed by atoms with Gasteiger partial charge in [0.15, 0.2) is 0 Å². The highest BCUT2D eigenvalue weighted by molar-refractivity contribution is 6.60. The highest BCUT2D eigenvalue weighted by Crippen LogP contribution is 2.18. The van der Waals surface area contributed by atoms with Crippen molar-refractivity contribution in [2.45, 2.75) is 57.4 Å². The lowest BCUT2D eigenvalue weighted by Crippen LogP contribution is -2.42. The minimum absolute atomic E-state index is 0.676. The molecule has 0 aromatic carbocycles. The summed E-state index contributed by atoms with van der Waals surface area (Å²) in [4.78, 5) is 0. The van der Waals surface area contributed by atoms with Gasteiger partial charge in [0.25, 0.3) is 0 Å². The van der Waals surface area contributed by atoms with E-state index in [2.05, 4.69) is 6.58 Å². The van der Waals surface area contributed by atoms with Gasteiger partial charge in [-0.15, -0.1) is 6.58 Å². The largest absolute Gasteiger partial charge is 0.500 e. The van der Waals surface area contributed by atoms with Crippen LogP contribution in [0.3, 0.4) is 0 Å². The van der Waals surface area contributed by atoms with Gasteiger partial charge in [-0.25, -0.2) is 0 Å². The van der Waals surface area contributed by atoms with Crippen molar-refractivity contribution in [3.05, 3.63) is 12.7 Å². The first-order valence-electron chi connectivity index (χ1n) is 8.08. The SMILES string of the molecule is C=CCOCCCCCCCCCC[Si](OC)(OC)OC. The number of unbranched alkanes of at least 4 members (excludes halogenated alkanes) is 7. The van der Waals surface area contributed by atoms with Crippen molar-refractivity contribution in [1.82, 2.24) is 0 Å². The molecule has 0 aliphatic rings. The Morgan fingerprint density at radius 1 is 0.762 bits per heavy atom. The lowest BCUT2D eigenvalue weighted by molar-refractivity contribution is 0.122. The fourth-order valence-electron chi connectivity index (χ4n) is 2.33. The molecule has 0 saturated heterocycles. The Balaban J connectivity index is 3.31. The third-order valence-electron chi connectivity index (χ3n) is 3.69. The van der Waals surface area contributed by atoms with E-state index < -0.39 is 8.80 Å². The third-order valence-corrected chi connectivity index (χ3v) is 6.52. The quantitative estimate of drug-likeness (QED) is 0.243. The molecule has 0 aliphatic carbocycles. The molecular weight excluding hydrogens is 284 g/mol. The van der Waals surface area contributed by atoms with E-state index in [-0.39, 0.29) is 0 Å². The van der Waals surface area contributed by atoms with E-state index in [9.17, 15) is 0 Å². The van der Waals surface area contributed by atoms with Gasteiger partial charge in [0.2, 0.25) is 0 Å². The summed E-state index contributed by atoms with van der Waals surface area (Å²) in [7, 11) is 2.70. The number of hydrogen-bond donors (Lipinski definition) is 0. The Labute approximate surface area is 132 Å². The summed E-state index contributed by atoms with van der Waals surface area (Å²) < 4.78 is 21.6. The van der Waals surface area contributed by atoms with Gasteiger partial charge in [-0.3, -0.25) is 0 Å². The van der Waals surface area contributed by atoms with Crippen LogP contribution in [0.5, 0.6) is 0 Å². The smallest absolute Gasteiger partial charge is 0.377 e. The molecule has 126 valence electrons. The van der Waals surface area contributed by atoms with Crippen LogP contribution in [-0.2, 0) is 18.0 Å². The van der Waals surface area contributed by atoms with Crippen molar-refractivity contribution in [3.8, 4) is 0 Å². The topological polar surface area (TPSA) is 36.9 Å². The first kappa shape index (κ1) is 20.8. The third kappa shape index (κ3) is 11.1. The number of rotatable bonds is 16. The Bertz CT molecular complexity index is 224. The summed E-state index contributed by atoms with van der Waals surface area (Å²) >= 11 is 0. The van der Waals surface area contributed by atoms with E-state index in [0.29, 0.717) is 6.61 Å². The Morgan fingerprint density at radius 2 is 1.24 bits per heavy atom. The van der Waals surface area contributed by atoms with Crippen LogP contribution in [0.2, 0.25) is 6.04 Å². The Hall–Kier alpha value is -0.203. The first-order valence-corrected chi connectivity index (χ1v) is 10.0. The fraction of sp³-hybridized carbons (Fsp3) is 0.875. The van der Waals surface area contributed by atoms with E-state index in [4.69, 9.17) is 18.0 Å². The summed E-state index contributed by atoms with van der Waals surface area (Å²) in [5.74, 6) is 0. The van der Waals surface area contributed by atoms with Crippen molar-refractivity contribution in [3.63, 3.8) is 0 Å². The first-order chi connectivity index (χ1) is 10.2. The molecule has 0 fully saturated rings.